The highest BCUT2D eigenvalue weighted by Gasteiger charge is 2.25. The van der Waals surface area contributed by atoms with Crippen molar-refractivity contribution in [1.82, 2.24) is 0 Å². The molecule has 0 saturated heterocycles. The zero-order chi connectivity index (χ0) is 35.2. The summed E-state index contributed by atoms with van der Waals surface area (Å²) >= 11 is 0. The molecule has 0 aromatic heterocycles. The Morgan fingerprint density at radius 3 is 1.69 bits per heavy atom. The van der Waals surface area contributed by atoms with E-state index in [1.165, 1.54) is 0 Å². The van der Waals surface area contributed by atoms with Gasteiger partial charge in [0.2, 0.25) is 0 Å². The first-order valence-electron chi connectivity index (χ1n) is 18.1. The molecule has 0 fully saturated rings. The summed E-state index contributed by atoms with van der Waals surface area (Å²) in [4.78, 5) is 22.1. The van der Waals surface area contributed by atoms with Crippen molar-refractivity contribution >= 4 is 13.8 Å². The van der Waals surface area contributed by atoms with E-state index in [0.717, 1.165) is 96.3 Å². The minimum Gasteiger partial charge on any atom is -0.457 e. The van der Waals surface area contributed by atoms with Crippen LogP contribution >= 0.6 is 7.82 Å². The molecule has 0 saturated carbocycles. The van der Waals surface area contributed by atoms with Crippen LogP contribution in [0, 0.1) is 0 Å². The topological polar surface area (TPSA) is 117 Å². The van der Waals surface area contributed by atoms with Gasteiger partial charge in [-0.1, -0.05) is 125 Å². The van der Waals surface area contributed by atoms with E-state index < -0.39 is 13.9 Å². The number of hydrogen-bond acceptors (Lipinski definition) is 7. The largest absolute Gasteiger partial charge is 0.472 e. The predicted octanol–water partition coefficient (Wildman–Crippen LogP) is 10.2. The zero-order valence-corrected chi connectivity index (χ0v) is 30.8. The highest BCUT2D eigenvalue weighted by molar-refractivity contribution is 7.47. The number of esters is 1. The first-order chi connectivity index (χ1) is 23.4. The van der Waals surface area contributed by atoms with Crippen molar-refractivity contribution in [3.05, 3.63) is 85.1 Å². The summed E-state index contributed by atoms with van der Waals surface area (Å²) in [5.41, 5.74) is 5.32. The summed E-state index contributed by atoms with van der Waals surface area (Å²) in [6.45, 7) is 4.55. The Hall–Kier alpha value is -2.32. The number of ether oxygens (including phenoxy) is 2. The fourth-order valence-corrected chi connectivity index (χ4v) is 4.97. The summed E-state index contributed by atoms with van der Waals surface area (Å²) in [5, 5.41) is 0. The molecule has 0 radical (unpaired) electrons. The molecule has 0 rings (SSSR count). The quantitative estimate of drug-likeness (QED) is 0.0302. The van der Waals surface area contributed by atoms with Gasteiger partial charge in [-0.05, 0) is 70.6 Å². The molecule has 0 spiro atoms. The average molecular weight is 692 g/mol. The molecule has 0 aliphatic heterocycles. The second-order valence-electron chi connectivity index (χ2n) is 11.4. The Morgan fingerprint density at radius 2 is 1.17 bits per heavy atom. The standard InChI is InChI=1S/C39H66NO7P/c1-3-5-7-9-10-11-12-13-14-15-16-17-18-19-20-21-22-23-24-25-26-27-29-31-34-44-36-38(37-46-48(42,43)45-35-33-40)47-39(41)32-30-28-8-6-4-2/h5,7,10-11,13-14,16-17,19-20,22-23,25-26,38H,3-4,6,8-9,12,15,18,21,24,27-37,40H2,1-2H3,(H,42,43)/b7-5-,11-10-,14-13-,17-16-,20-19-,23-22-,26-25-. The first-order valence-corrected chi connectivity index (χ1v) is 19.6. The number of phosphoric acid groups is 1. The molecule has 0 heterocycles. The average Bonchev–Trinajstić information content (AvgIpc) is 3.07. The van der Waals surface area contributed by atoms with Crippen molar-refractivity contribution in [2.75, 3.05) is 33.0 Å². The lowest BCUT2D eigenvalue weighted by molar-refractivity contribution is -0.154. The van der Waals surface area contributed by atoms with Gasteiger partial charge in [0, 0.05) is 19.6 Å². The zero-order valence-electron chi connectivity index (χ0n) is 29.9. The fourth-order valence-electron chi connectivity index (χ4n) is 4.21. The van der Waals surface area contributed by atoms with Crippen LogP contribution < -0.4 is 5.73 Å². The molecule has 9 heteroatoms. The third-order valence-corrected chi connectivity index (χ3v) is 7.81. The second kappa shape index (κ2) is 36.0. The maximum absolute atomic E-state index is 12.3. The fraction of sp³-hybridized carbons (Fsp3) is 0.615. The molecule has 0 aromatic rings. The number of nitrogens with two attached hydrogens (primary N) is 1. The van der Waals surface area contributed by atoms with Crippen molar-refractivity contribution in [2.24, 2.45) is 5.73 Å². The minimum absolute atomic E-state index is 0.0803. The maximum Gasteiger partial charge on any atom is 0.472 e. The monoisotopic (exact) mass is 691 g/mol. The molecule has 0 bridgehead atoms. The van der Waals surface area contributed by atoms with Crippen LogP contribution in [0.1, 0.15) is 117 Å². The highest BCUT2D eigenvalue weighted by Crippen LogP contribution is 2.43. The van der Waals surface area contributed by atoms with Crippen LogP contribution in [0.25, 0.3) is 0 Å². The van der Waals surface area contributed by atoms with Gasteiger partial charge in [-0.25, -0.2) is 4.57 Å². The summed E-state index contributed by atoms with van der Waals surface area (Å²) in [7, 11) is -4.27. The van der Waals surface area contributed by atoms with Gasteiger partial charge >= 0.3 is 13.8 Å². The van der Waals surface area contributed by atoms with Crippen molar-refractivity contribution in [3.8, 4) is 0 Å². The summed E-state index contributed by atoms with van der Waals surface area (Å²) in [6, 6.07) is 0. The van der Waals surface area contributed by atoms with Gasteiger partial charge in [0.1, 0.15) is 6.10 Å². The number of unbranched alkanes of at least 4 members (excludes halogenated alkanes) is 6. The number of rotatable bonds is 33. The Morgan fingerprint density at radius 1 is 0.646 bits per heavy atom. The number of phosphoric ester groups is 1. The van der Waals surface area contributed by atoms with Gasteiger partial charge in [-0.2, -0.15) is 0 Å². The summed E-state index contributed by atoms with van der Waals surface area (Å²) in [5.74, 6) is -0.364. The molecule has 48 heavy (non-hydrogen) atoms. The highest BCUT2D eigenvalue weighted by atomic mass is 31.2. The molecule has 2 atom stereocenters. The second-order valence-corrected chi connectivity index (χ2v) is 12.8. The lowest BCUT2D eigenvalue weighted by Gasteiger charge is -2.20. The van der Waals surface area contributed by atoms with Crippen LogP contribution in [0.15, 0.2) is 85.1 Å². The smallest absolute Gasteiger partial charge is 0.457 e. The maximum atomic E-state index is 12.3. The molecular formula is C39H66NO7P. The van der Waals surface area contributed by atoms with Crippen molar-refractivity contribution in [1.29, 1.82) is 0 Å². The van der Waals surface area contributed by atoms with E-state index in [1.807, 2.05) is 0 Å². The SMILES string of the molecule is CC/C=C\C/C=C\C/C=C\C/C=C\C/C=C\C/C=C\C/C=C\CCCCOCC(COP(=O)(O)OCCN)OC(=O)CCCCCCC. The van der Waals surface area contributed by atoms with Crippen LogP contribution in [0.5, 0.6) is 0 Å². The molecule has 0 amide bonds. The van der Waals surface area contributed by atoms with Crippen LogP contribution in [0.4, 0.5) is 0 Å². The Balaban J connectivity index is 4.06. The Bertz CT molecular complexity index is 1000. The Kier molecular flexibility index (Phi) is 34.2. The van der Waals surface area contributed by atoms with Gasteiger partial charge in [0.05, 0.1) is 19.8 Å². The van der Waals surface area contributed by atoms with Gasteiger partial charge < -0.3 is 20.1 Å². The minimum atomic E-state index is -4.27. The van der Waals surface area contributed by atoms with Gasteiger partial charge in [-0.3, -0.25) is 13.8 Å². The Labute approximate surface area is 292 Å². The number of allylic oxidation sites excluding steroid dienone is 14. The molecular weight excluding hydrogens is 625 g/mol. The molecule has 3 N–H and O–H groups in total. The molecule has 274 valence electrons. The normalized spacial score (nSPS) is 14.7. The van der Waals surface area contributed by atoms with Crippen LogP contribution in [0.3, 0.4) is 0 Å². The van der Waals surface area contributed by atoms with E-state index in [1.54, 1.807) is 0 Å². The van der Waals surface area contributed by atoms with Crippen molar-refractivity contribution in [2.45, 2.75) is 123 Å². The van der Waals surface area contributed by atoms with E-state index in [2.05, 4.69) is 98.9 Å². The molecule has 0 aliphatic rings. The molecule has 2 unspecified atom stereocenters. The third kappa shape index (κ3) is 35.0. The van der Waals surface area contributed by atoms with E-state index in [-0.39, 0.29) is 32.3 Å². The lowest BCUT2D eigenvalue weighted by atomic mass is 10.1. The van der Waals surface area contributed by atoms with Gasteiger partial charge in [0.25, 0.3) is 0 Å². The number of carbonyl (C=O) groups excluding carboxylic acids is 1. The van der Waals surface area contributed by atoms with Crippen molar-refractivity contribution in [3.63, 3.8) is 0 Å². The van der Waals surface area contributed by atoms with E-state index in [0.29, 0.717) is 13.0 Å². The number of hydrogen-bond donors (Lipinski definition) is 2. The van der Waals surface area contributed by atoms with Crippen molar-refractivity contribution < 1.29 is 32.8 Å². The molecule has 8 nitrogen and oxygen atoms in total. The lowest BCUT2D eigenvalue weighted by Crippen LogP contribution is -2.28. The van der Waals surface area contributed by atoms with Crippen LogP contribution in [-0.2, 0) is 27.9 Å². The van der Waals surface area contributed by atoms with E-state index in [4.69, 9.17) is 24.3 Å². The summed E-state index contributed by atoms with van der Waals surface area (Å²) in [6.07, 6.45) is 45.1. The molecule has 0 aliphatic carbocycles. The van der Waals surface area contributed by atoms with E-state index in [9.17, 15) is 14.3 Å². The van der Waals surface area contributed by atoms with Crippen LogP contribution in [0.2, 0.25) is 0 Å². The first kappa shape index (κ1) is 45.7. The van der Waals surface area contributed by atoms with Gasteiger partial charge in [0.15, 0.2) is 0 Å². The predicted molar refractivity (Wildman–Crippen MR) is 201 cm³/mol. The van der Waals surface area contributed by atoms with E-state index >= 15 is 0 Å². The number of carbonyl (C=O) groups is 1. The molecule has 0 aromatic carbocycles. The van der Waals surface area contributed by atoms with Gasteiger partial charge in [-0.15, -0.1) is 0 Å². The third-order valence-electron chi connectivity index (χ3n) is 6.83. The summed E-state index contributed by atoms with van der Waals surface area (Å²) < 4.78 is 32.9. The van der Waals surface area contributed by atoms with Crippen LogP contribution in [-0.4, -0.2) is 49.9 Å².